The van der Waals surface area contributed by atoms with E-state index in [1.165, 1.54) is 11.1 Å². The molecule has 1 N–H and O–H groups in total. The van der Waals surface area contributed by atoms with Crippen molar-refractivity contribution in [3.8, 4) is 5.75 Å². The minimum atomic E-state index is -0.941. The first kappa shape index (κ1) is 18.7. The normalized spacial score (nSPS) is 10.9. The third-order valence-electron chi connectivity index (χ3n) is 4.53. The highest BCUT2D eigenvalue weighted by molar-refractivity contribution is 5.82. The molecule has 27 heavy (non-hydrogen) atoms. The van der Waals surface area contributed by atoms with Crippen LogP contribution in [0.2, 0.25) is 0 Å². The highest BCUT2D eigenvalue weighted by Gasteiger charge is 2.13. The molecule has 0 fully saturated rings. The molecule has 3 rings (SSSR count). The predicted octanol–water partition coefficient (Wildman–Crippen LogP) is 4.31. The second-order valence-corrected chi connectivity index (χ2v) is 6.83. The van der Waals surface area contributed by atoms with E-state index in [-0.39, 0.29) is 12.8 Å². The van der Waals surface area contributed by atoms with Crippen LogP contribution in [-0.2, 0) is 17.8 Å². The molecule has 1 aromatic heterocycles. The van der Waals surface area contributed by atoms with Crippen molar-refractivity contribution in [3.05, 3.63) is 74.6 Å². The fraction of sp³-hybridized carbons (Fsp3) is 0.273. The van der Waals surface area contributed by atoms with Crippen LogP contribution >= 0.6 is 0 Å². The molecule has 0 saturated carbocycles. The van der Waals surface area contributed by atoms with Crippen molar-refractivity contribution in [2.75, 3.05) is 0 Å². The summed E-state index contributed by atoms with van der Waals surface area (Å²) in [4.78, 5) is 23.0. The van der Waals surface area contributed by atoms with Crippen LogP contribution in [0.3, 0.4) is 0 Å². The molecule has 0 unspecified atom stereocenters. The van der Waals surface area contributed by atoms with Crippen LogP contribution in [-0.4, -0.2) is 11.1 Å². The van der Waals surface area contributed by atoms with Gasteiger partial charge in [0.1, 0.15) is 17.9 Å². The molecule has 0 saturated heterocycles. The lowest BCUT2D eigenvalue weighted by Gasteiger charge is -2.10. The van der Waals surface area contributed by atoms with Crippen LogP contribution in [0.1, 0.15) is 34.2 Å². The molecular weight excluding hydrogens is 344 g/mol. The van der Waals surface area contributed by atoms with E-state index in [1.54, 1.807) is 6.07 Å². The summed E-state index contributed by atoms with van der Waals surface area (Å²) >= 11 is 0. The van der Waals surface area contributed by atoms with Gasteiger partial charge in [-0.1, -0.05) is 29.3 Å². The number of carboxylic acid groups (broad SMARTS) is 1. The maximum atomic E-state index is 12.2. The van der Waals surface area contributed by atoms with E-state index in [9.17, 15) is 9.59 Å². The number of hydrogen-bond acceptors (Lipinski definition) is 4. The first-order valence-electron chi connectivity index (χ1n) is 8.81. The van der Waals surface area contributed by atoms with Crippen molar-refractivity contribution in [2.24, 2.45) is 0 Å². The molecule has 1 heterocycles. The predicted molar refractivity (Wildman–Crippen MR) is 103 cm³/mol. The Hall–Kier alpha value is -3.08. The highest BCUT2D eigenvalue weighted by Crippen LogP contribution is 2.25. The van der Waals surface area contributed by atoms with Gasteiger partial charge in [-0.15, -0.1) is 0 Å². The van der Waals surface area contributed by atoms with Gasteiger partial charge in [0.15, 0.2) is 0 Å². The number of hydrogen-bond donors (Lipinski definition) is 1. The number of carboxylic acids is 1. The van der Waals surface area contributed by atoms with Gasteiger partial charge >= 0.3 is 11.6 Å². The first-order chi connectivity index (χ1) is 12.8. The maximum Gasteiger partial charge on any atom is 0.339 e. The van der Waals surface area contributed by atoms with Crippen molar-refractivity contribution in [3.63, 3.8) is 0 Å². The molecule has 5 heteroatoms. The zero-order valence-electron chi connectivity index (χ0n) is 15.7. The van der Waals surface area contributed by atoms with E-state index in [2.05, 4.69) is 18.2 Å². The average Bonchev–Trinajstić information content (AvgIpc) is 2.58. The third kappa shape index (κ3) is 4.37. The summed E-state index contributed by atoms with van der Waals surface area (Å²) in [7, 11) is 0. The summed E-state index contributed by atoms with van der Waals surface area (Å²) in [5.74, 6) is -0.327. The molecule has 0 spiro atoms. The van der Waals surface area contributed by atoms with Gasteiger partial charge in [-0.2, -0.15) is 0 Å². The summed E-state index contributed by atoms with van der Waals surface area (Å²) < 4.78 is 11.3. The zero-order valence-corrected chi connectivity index (χ0v) is 15.7. The van der Waals surface area contributed by atoms with Crippen molar-refractivity contribution in [1.82, 2.24) is 0 Å². The van der Waals surface area contributed by atoms with Gasteiger partial charge < -0.3 is 14.3 Å². The van der Waals surface area contributed by atoms with Gasteiger partial charge in [-0.25, -0.2) is 4.79 Å². The zero-order chi connectivity index (χ0) is 19.6. The molecule has 5 nitrogen and oxygen atoms in total. The monoisotopic (exact) mass is 366 g/mol. The Labute approximate surface area is 157 Å². The van der Waals surface area contributed by atoms with Crippen molar-refractivity contribution in [1.29, 1.82) is 0 Å². The molecule has 140 valence electrons. The lowest BCUT2D eigenvalue weighted by atomic mass is 10.0. The van der Waals surface area contributed by atoms with E-state index < -0.39 is 11.6 Å². The summed E-state index contributed by atoms with van der Waals surface area (Å²) in [5, 5.41) is 9.63. The lowest BCUT2D eigenvalue weighted by molar-refractivity contribution is -0.136. The highest BCUT2D eigenvalue weighted by atomic mass is 16.5. The van der Waals surface area contributed by atoms with Crippen LogP contribution in [0.4, 0.5) is 0 Å². The van der Waals surface area contributed by atoms with Gasteiger partial charge in [0.2, 0.25) is 0 Å². The number of aryl methyl sites for hydroxylation is 3. The molecule has 0 aliphatic heterocycles. The van der Waals surface area contributed by atoms with Crippen LogP contribution in [0.5, 0.6) is 5.75 Å². The van der Waals surface area contributed by atoms with Crippen LogP contribution in [0, 0.1) is 20.8 Å². The Morgan fingerprint density at radius 1 is 1.07 bits per heavy atom. The van der Waals surface area contributed by atoms with E-state index in [0.717, 1.165) is 16.5 Å². The Bertz CT molecular complexity index is 1040. The van der Waals surface area contributed by atoms with E-state index in [1.807, 2.05) is 32.9 Å². The van der Waals surface area contributed by atoms with Crippen LogP contribution in [0.15, 0.2) is 45.6 Å². The van der Waals surface area contributed by atoms with Gasteiger partial charge in [0.25, 0.3) is 0 Å². The number of aliphatic carboxylic acids is 1. The molecule has 0 radical (unpaired) electrons. The minimum Gasteiger partial charge on any atom is -0.489 e. The standard InChI is InChI=1S/C22H22O5/c1-13-8-14(2)10-16(9-13)12-26-17-4-5-18-15(3)19(6-7-21(23)24)22(25)27-20(18)11-17/h4-5,8-11H,6-7,12H2,1-3H3,(H,23,24). The summed E-state index contributed by atoms with van der Waals surface area (Å²) in [6.07, 6.45) is 0.0542. The lowest BCUT2D eigenvalue weighted by Crippen LogP contribution is -2.12. The number of rotatable bonds is 6. The Kier molecular flexibility index (Phi) is 5.31. The fourth-order valence-corrected chi connectivity index (χ4v) is 3.30. The minimum absolute atomic E-state index is 0.103. The molecule has 0 bridgehead atoms. The number of ether oxygens (including phenoxy) is 1. The molecular formula is C22H22O5. The van der Waals surface area contributed by atoms with Crippen molar-refractivity contribution >= 4 is 16.9 Å². The largest absolute Gasteiger partial charge is 0.489 e. The molecule has 0 amide bonds. The Balaban J connectivity index is 1.85. The topological polar surface area (TPSA) is 76.7 Å². The smallest absolute Gasteiger partial charge is 0.339 e. The maximum absolute atomic E-state index is 12.2. The molecule has 0 aliphatic rings. The summed E-state index contributed by atoms with van der Waals surface area (Å²) in [6.45, 7) is 6.33. The van der Waals surface area contributed by atoms with Gasteiger partial charge in [-0.3, -0.25) is 4.79 Å². The summed E-state index contributed by atoms with van der Waals surface area (Å²) in [5.41, 5.74) is 4.55. The Morgan fingerprint density at radius 2 is 1.78 bits per heavy atom. The molecule has 2 aromatic carbocycles. The number of fused-ring (bicyclic) bond motifs is 1. The quantitative estimate of drug-likeness (QED) is 0.658. The Morgan fingerprint density at radius 3 is 2.44 bits per heavy atom. The van der Waals surface area contributed by atoms with E-state index in [0.29, 0.717) is 23.5 Å². The number of benzene rings is 2. The summed E-state index contributed by atoms with van der Waals surface area (Å²) in [6, 6.07) is 11.6. The third-order valence-corrected chi connectivity index (χ3v) is 4.53. The van der Waals surface area contributed by atoms with Crippen molar-refractivity contribution < 1.29 is 19.1 Å². The van der Waals surface area contributed by atoms with E-state index in [4.69, 9.17) is 14.3 Å². The fourth-order valence-electron chi connectivity index (χ4n) is 3.30. The van der Waals surface area contributed by atoms with Crippen molar-refractivity contribution in [2.45, 2.75) is 40.2 Å². The number of carbonyl (C=O) groups is 1. The second-order valence-electron chi connectivity index (χ2n) is 6.83. The van der Waals surface area contributed by atoms with Gasteiger partial charge in [-0.05, 0) is 50.5 Å². The van der Waals surface area contributed by atoms with Gasteiger partial charge in [0.05, 0.1) is 0 Å². The van der Waals surface area contributed by atoms with Crippen LogP contribution < -0.4 is 10.4 Å². The van der Waals surface area contributed by atoms with Gasteiger partial charge in [0, 0.05) is 23.4 Å². The first-order valence-corrected chi connectivity index (χ1v) is 8.81. The van der Waals surface area contributed by atoms with E-state index >= 15 is 0 Å². The molecule has 0 aliphatic carbocycles. The van der Waals surface area contributed by atoms with Crippen LogP contribution in [0.25, 0.3) is 11.0 Å². The second kappa shape index (κ2) is 7.66. The average molecular weight is 366 g/mol. The molecule has 3 aromatic rings. The molecule has 0 atom stereocenters. The SMILES string of the molecule is Cc1cc(C)cc(COc2ccc3c(C)c(CCC(=O)O)c(=O)oc3c2)c1.